The third-order valence-corrected chi connectivity index (χ3v) is 11.4. The number of nitrogens with zero attached hydrogens (tertiary/aromatic N) is 2. The van der Waals surface area contributed by atoms with Crippen LogP contribution in [-0.4, -0.2) is 20.9 Å². The van der Waals surface area contributed by atoms with Gasteiger partial charge in [-0.15, -0.1) is 17.5 Å². The van der Waals surface area contributed by atoms with Gasteiger partial charge in [0, 0.05) is 71.7 Å². The number of rotatable bonds is 5. The van der Waals surface area contributed by atoms with Crippen LogP contribution in [0.15, 0.2) is 221 Å². The van der Waals surface area contributed by atoms with Crippen LogP contribution in [0.1, 0.15) is 13.8 Å². The molecular weight excluding hydrogens is 993 g/mol. The normalized spacial score (nSPS) is 11.3. The van der Waals surface area contributed by atoms with Crippen molar-refractivity contribution < 1.29 is 38.8 Å². The first-order valence-corrected chi connectivity index (χ1v) is 21.4. The van der Waals surface area contributed by atoms with Gasteiger partial charge in [-0.1, -0.05) is 173 Å². The smallest absolute Gasteiger partial charge is 0.155 e. The number of carbonyl (C=O) groups is 1. The summed E-state index contributed by atoms with van der Waals surface area (Å²) < 4.78 is 12.3. The minimum Gasteiger partial charge on any atom is -0.512 e. The van der Waals surface area contributed by atoms with Crippen LogP contribution in [0, 0.1) is 6.07 Å². The number of aliphatic hydroxyl groups excluding tert-OH is 1. The molecule has 12 rings (SSSR count). The zero-order valence-electron chi connectivity index (χ0n) is 36.0. The number of aliphatic hydroxyl groups is 1. The Hall–Kier alpha value is -7.96. The number of hydrogen-bond acceptors (Lipinski definition) is 6. The Morgan fingerprint density at radius 3 is 1.55 bits per heavy atom. The molecular formula is C59H41IrN2O4-. The van der Waals surface area contributed by atoms with E-state index in [0.29, 0.717) is 0 Å². The van der Waals surface area contributed by atoms with Crippen LogP contribution >= 0.6 is 0 Å². The Bertz CT molecular complexity index is 3490. The van der Waals surface area contributed by atoms with Gasteiger partial charge in [0.2, 0.25) is 0 Å². The molecule has 0 aliphatic rings. The van der Waals surface area contributed by atoms with Crippen molar-refractivity contribution in [2.75, 3.05) is 0 Å². The first-order chi connectivity index (χ1) is 31.9. The molecule has 0 bridgehead atoms. The molecule has 7 heteroatoms. The van der Waals surface area contributed by atoms with Gasteiger partial charge in [-0.3, -0.25) is 14.8 Å². The molecule has 0 spiro atoms. The number of ketones is 1. The van der Waals surface area contributed by atoms with Gasteiger partial charge in [0.1, 0.15) is 22.7 Å². The fourth-order valence-electron chi connectivity index (χ4n) is 8.53. The van der Waals surface area contributed by atoms with Crippen LogP contribution < -0.4 is 0 Å². The number of aromatic nitrogens is 2. The van der Waals surface area contributed by atoms with Crippen LogP contribution in [0.5, 0.6) is 0 Å². The molecule has 4 aromatic heterocycles. The third kappa shape index (κ3) is 8.66. The summed E-state index contributed by atoms with van der Waals surface area (Å²) in [5.41, 5.74) is 7.80. The van der Waals surface area contributed by atoms with Crippen molar-refractivity contribution in [3.63, 3.8) is 0 Å². The van der Waals surface area contributed by atoms with E-state index in [9.17, 15) is 4.79 Å². The van der Waals surface area contributed by atoms with Gasteiger partial charge >= 0.3 is 0 Å². The van der Waals surface area contributed by atoms with Gasteiger partial charge in [0.05, 0.1) is 11.5 Å². The van der Waals surface area contributed by atoms with Crippen LogP contribution in [0.3, 0.4) is 0 Å². The van der Waals surface area contributed by atoms with E-state index >= 15 is 0 Å². The molecule has 0 saturated carbocycles. The van der Waals surface area contributed by atoms with E-state index in [2.05, 4.69) is 146 Å². The zero-order chi connectivity index (χ0) is 44.3. The average Bonchev–Trinajstić information content (AvgIpc) is 4.00. The zero-order valence-corrected chi connectivity index (χ0v) is 38.4. The molecule has 66 heavy (non-hydrogen) atoms. The average molecular weight is 1030 g/mol. The molecule has 8 aromatic carbocycles. The number of furan rings is 2. The van der Waals surface area contributed by atoms with Crippen LogP contribution in [0.4, 0.5) is 0 Å². The second-order valence-corrected chi connectivity index (χ2v) is 15.8. The van der Waals surface area contributed by atoms with Crippen molar-refractivity contribution in [2.24, 2.45) is 0 Å². The Balaban J connectivity index is 0.000000144. The standard InChI is InChI=1S/C27H17NO.C27H16NO.C5H8O2.Ir/c2*1-2-8-18(9-3-1)26-17-24-25(29-26)14-15-28-27(24)23-16-19-10-4-5-11-20(19)21-12-6-7-13-22(21)23;1-4(6)3-5(2)7;/h1-17H;1-15,17H;3,6H,1-2H3;/q;-1;;/b;;4-3-;. The van der Waals surface area contributed by atoms with Crippen molar-refractivity contribution in [1.82, 2.24) is 9.97 Å². The van der Waals surface area contributed by atoms with Crippen molar-refractivity contribution in [3.8, 4) is 45.2 Å². The number of fused-ring (bicyclic) bond motifs is 8. The van der Waals surface area contributed by atoms with Gasteiger partial charge in [0.25, 0.3) is 0 Å². The Labute approximate surface area is 394 Å². The van der Waals surface area contributed by atoms with Crippen LogP contribution in [0.25, 0.3) is 110 Å². The molecule has 6 nitrogen and oxygen atoms in total. The number of benzene rings is 8. The quantitative estimate of drug-likeness (QED) is 0.0799. The summed E-state index contributed by atoms with van der Waals surface area (Å²) in [7, 11) is 0. The maximum absolute atomic E-state index is 10.0. The first kappa shape index (κ1) is 43.3. The summed E-state index contributed by atoms with van der Waals surface area (Å²) >= 11 is 0. The van der Waals surface area contributed by atoms with Gasteiger partial charge in [0.15, 0.2) is 5.78 Å². The predicted molar refractivity (Wildman–Crippen MR) is 266 cm³/mol. The van der Waals surface area contributed by atoms with E-state index in [-0.39, 0.29) is 31.6 Å². The largest absolute Gasteiger partial charge is 0.512 e. The van der Waals surface area contributed by atoms with Gasteiger partial charge in [-0.05, 0) is 65.7 Å². The SMILES string of the molecule is CC(=O)/C=C(/C)O.[Ir].[c-]1c(-c2nccc3oc(-c4ccccc4)cc23)c2ccccc2c2ccccc12.c1ccc(-c2cc3c(-c4cc5ccccc5c5ccccc45)nccc3o2)cc1. The first-order valence-electron chi connectivity index (χ1n) is 21.4. The Kier molecular flexibility index (Phi) is 12.5. The van der Waals surface area contributed by atoms with Crippen molar-refractivity contribution in [1.29, 1.82) is 0 Å². The molecule has 321 valence electrons. The molecule has 4 heterocycles. The fraction of sp³-hybridized carbons (Fsp3) is 0.0339. The molecule has 1 N–H and O–H groups in total. The summed E-state index contributed by atoms with van der Waals surface area (Å²) in [5, 5.41) is 20.0. The fourth-order valence-corrected chi connectivity index (χ4v) is 8.53. The molecule has 0 amide bonds. The van der Waals surface area contributed by atoms with E-state index in [0.717, 1.165) is 77.9 Å². The molecule has 0 aliphatic carbocycles. The number of hydrogen-bond donors (Lipinski definition) is 1. The molecule has 0 atom stereocenters. The minimum atomic E-state index is -0.125. The summed E-state index contributed by atoms with van der Waals surface area (Å²) in [5.74, 6) is 1.65. The van der Waals surface area contributed by atoms with E-state index < -0.39 is 0 Å². The summed E-state index contributed by atoms with van der Waals surface area (Å²) in [4.78, 5) is 19.5. The second kappa shape index (κ2) is 19.0. The Morgan fingerprint density at radius 1 is 0.500 bits per heavy atom. The van der Waals surface area contributed by atoms with Gasteiger partial charge in [-0.25, -0.2) is 0 Å². The summed E-state index contributed by atoms with van der Waals surface area (Å²) in [6.45, 7) is 2.85. The molecule has 0 unspecified atom stereocenters. The number of pyridine rings is 2. The number of allylic oxidation sites excluding steroid dienone is 2. The third-order valence-electron chi connectivity index (χ3n) is 11.4. The molecule has 0 fully saturated rings. The van der Waals surface area contributed by atoms with Gasteiger partial charge < -0.3 is 13.9 Å². The minimum absolute atomic E-state index is 0. The van der Waals surface area contributed by atoms with E-state index in [1.807, 2.05) is 60.9 Å². The van der Waals surface area contributed by atoms with Crippen LogP contribution in [-0.2, 0) is 24.9 Å². The van der Waals surface area contributed by atoms with Crippen LogP contribution in [0.2, 0.25) is 0 Å². The summed E-state index contributed by atoms with van der Waals surface area (Å²) in [6, 6.07) is 68.2. The van der Waals surface area contributed by atoms with Gasteiger partial charge in [-0.2, -0.15) is 0 Å². The molecule has 0 saturated heterocycles. The monoisotopic (exact) mass is 1030 g/mol. The van der Waals surface area contributed by atoms with Crippen molar-refractivity contribution >= 4 is 70.8 Å². The number of carbonyl (C=O) groups excluding carboxylic acids is 1. The Morgan fingerprint density at radius 2 is 0.970 bits per heavy atom. The summed E-state index contributed by atoms with van der Waals surface area (Å²) in [6.07, 6.45) is 4.81. The maximum Gasteiger partial charge on any atom is 0.155 e. The predicted octanol–water partition coefficient (Wildman–Crippen LogP) is 15.8. The molecule has 12 aromatic rings. The van der Waals surface area contributed by atoms with E-state index in [1.54, 1.807) is 0 Å². The maximum atomic E-state index is 10.0. The van der Waals surface area contributed by atoms with Crippen molar-refractivity contribution in [2.45, 2.75) is 13.8 Å². The topological polar surface area (TPSA) is 89.4 Å². The molecule has 1 radical (unpaired) electrons. The van der Waals surface area contributed by atoms with E-state index in [4.69, 9.17) is 23.9 Å². The second-order valence-electron chi connectivity index (χ2n) is 15.8. The van der Waals surface area contributed by atoms with E-state index in [1.165, 1.54) is 52.2 Å². The van der Waals surface area contributed by atoms with Crippen molar-refractivity contribution in [3.05, 3.63) is 218 Å². The molecule has 0 aliphatic heterocycles.